The van der Waals surface area contributed by atoms with E-state index in [0.717, 1.165) is 7.11 Å². The first kappa shape index (κ1) is 21.8. The van der Waals surface area contributed by atoms with Gasteiger partial charge < -0.3 is 18.9 Å². The van der Waals surface area contributed by atoms with Crippen molar-refractivity contribution in [2.24, 2.45) is 5.92 Å². The maximum atomic E-state index is 14.9. The average molecular weight is 376 g/mol. The van der Waals surface area contributed by atoms with Crippen molar-refractivity contribution in [3.8, 4) is 0 Å². The largest absolute Gasteiger partial charge is 0.450 e. The molecule has 3 unspecified atom stereocenters. The van der Waals surface area contributed by atoms with Gasteiger partial charge in [-0.3, -0.25) is 0 Å². The van der Waals surface area contributed by atoms with Gasteiger partial charge in [-0.2, -0.15) is 22.0 Å². The Morgan fingerprint density at radius 2 is 1.80 bits per heavy atom. The van der Waals surface area contributed by atoms with E-state index >= 15 is 0 Å². The predicted molar refractivity (Wildman–Crippen MR) is 75.7 cm³/mol. The second kappa shape index (κ2) is 6.81. The van der Waals surface area contributed by atoms with Gasteiger partial charge in [0.2, 0.25) is 5.60 Å². The molecule has 0 saturated carbocycles. The Hall–Kier alpha value is -1.26. The highest BCUT2D eigenvalue weighted by Crippen LogP contribution is 2.57. The van der Waals surface area contributed by atoms with Crippen LogP contribution in [-0.4, -0.2) is 49.5 Å². The van der Waals surface area contributed by atoms with Gasteiger partial charge in [0.15, 0.2) is 6.29 Å². The van der Waals surface area contributed by atoms with Gasteiger partial charge in [0.1, 0.15) is 0 Å². The first-order valence-electron chi connectivity index (χ1n) is 7.33. The fourth-order valence-corrected chi connectivity index (χ4v) is 2.21. The van der Waals surface area contributed by atoms with Crippen molar-refractivity contribution in [3.05, 3.63) is 12.2 Å². The quantitative estimate of drug-likeness (QED) is 0.308. The van der Waals surface area contributed by atoms with Crippen LogP contribution in [0.1, 0.15) is 27.7 Å². The van der Waals surface area contributed by atoms with E-state index < -0.39 is 48.3 Å². The molecule has 1 aliphatic rings. The van der Waals surface area contributed by atoms with Gasteiger partial charge in [0.05, 0.1) is 6.61 Å². The van der Waals surface area contributed by atoms with Crippen molar-refractivity contribution in [2.75, 3.05) is 13.7 Å². The van der Waals surface area contributed by atoms with E-state index in [2.05, 4.69) is 20.8 Å². The number of halogens is 5. The Balaban J connectivity index is 3.37. The van der Waals surface area contributed by atoms with Gasteiger partial charge in [-0.1, -0.05) is 20.4 Å². The number of methoxy groups -OCH3 is 1. The van der Waals surface area contributed by atoms with Gasteiger partial charge >= 0.3 is 23.9 Å². The minimum absolute atomic E-state index is 0.251. The van der Waals surface area contributed by atoms with E-state index in [1.54, 1.807) is 0 Å². The lowest BCUT2D eigenvalue weighted by atomic mass is 9.93. The van der Waals surface area contributed by atoms with Gasteiger partial charge in [0, 0.05) is 18.6 Å². The summed E-state index contributed by atoms with van der Waals surface area (Å²) >= 11 is 0. The normalized spacial score (nSPS) is 30.4. The van der Waals surface area contributed by atoms with Gasteiger partial charge in [0.25, 0.3) is 0 Å². The first-order valence-corrected chi connectivity index (χ1v) is 7.33. The topological polar surface area (TPSA) is 54.0 Å². The van der Waals surface area contributed by atoms with Gasteiger partial charge in [-0.15, -0.1) is 0 Å². The zero-order valence-corrected chi connectivity index (χ0v) is 14.5. The number of alkyl halides is 5. The molecule has 0 aliphatic carbocycles. The summed E-state index contributed by atoms with van der Waals surface area (Å²) < 4.78 is 88.7. The van der Waals surface area contributed by atoms with E-state index in [0.29, 0.717) is 6.92 Å². The summed E-state index contributed by atoms with van der Waals surface area (Å²) in [6.07, 6.45) is -7.26. The second-order valence-electron chi connectivity index (χ2n) is 6.34. The lowest BCUT2D eigenvalue weighted by molar-refractivity contribution is -0.451. The molecule has 146 valence electrons. The molecule has 10 heteroatoms. The number of ether oxygens (including phenoxy) is 4. The molecule has 5 nitrogen and oxygen atoms in total. The Labute approximate surface area is 142 Å². The lowest BCUT2D eigenvalue weighted by Crippen LogP contribution is -2.66. The third-order valence-electron chi connectivity index (χ3n) is 3.73. The van der Waals surface area contributed by atoms with E-state index in [-0.39, 0.29) is 5.57 Å². The fraction of sp³-hybridized carbons (Fsp3) is 0.800. The molecule has 0 spiro atoms. The molecule has 0 N–H and O–H groups in total. The Kier molecular flexibility index (Phi) is 5.93. The Morgan fingerprint density at radius 3 is 2.16 bits per heavy atom. The number of hydrogen-bond donors (Lipinski definition) is 0. The molecule has 0 aromatic carbocycles. The molecular formula is C15H21F5O5. The Bertz CT molecular complexity index is 533. The summed E-state index contributed by atoms with van der Waals surface area (Å²) in [5.74, 6) is -11.0. The number of rotatable bonds is 6. The second-order valence-corrected chi connectivity index (χ2v) is 6.34. The van der Waals surface area contributed by atoms with Crippen molar-refractivity contribution in [2.45, 2.75) is 57.5 Å². The van der Waals surface area contributed by atoms with Crippen LogP contribution < -0.4 is 0 Å². The van der Waals surface area contributed by atoms with Crippen molar-refractivity contribution in [1.82, 2.24) is 0 Å². The predicted octanol–water partition coefficient (Wildman–Crippen LogP) is 3.43. The number of carbonyl (C=O) groups is 1. The van der Waals surface area contributed by atoms with Crippen LogP contribution in [0, 0.1) is 5.92 Å². The molecule has 1 heterocycles. The Morgan fingerprint density at radius 1 is 1.28 bits per heavy atom. The molecule has 0 aromatic heterocycles. The molecular weight excluding hydrogens is 355 g/mol. The summed E-state index contributed by atoms with van der Waals surface area (Å²) in [5, 5.41) is 0. The zero-order chi connectivity index (χ0) is 19.8. The summed E-state index contributed by atoms with van der Waals surface area (Å²) in [5.41, 5.74) is -3.16. The highest BCUT2D eigenvalue weighted by molar-refractivity contribution is 5.87. The van der Waals surface area contributed by atoms with Crippen LogP contribution in [0.25, 0.3) is 0 Å². The molecule has 0 radical (unpaired) electrons. The molecule has 0 bridgehead atoms. The maximum Gasteiger partial charge on any atom is 0.450 e. The van der Waals surface area contributed by atoms with Crippen LogP contribution in [-0.2, 0) is 23.7 Å². The van der Waals surface area contributed by atoms with Crippen LogP contribution in [0.4, 0.5) is 22.0 Å². The number of esters is 1. The number of hydrogen-bond acceptors (Lipinski definition) is 5. The third kappa shape index (κ3) is 3.52. The van der Waals surface area contributed by atoms with Gasteiger partial charge in [-0.25, -0.2) is 4.79 Å². The summed E-state index contributed by atoms with van der Waals surface area (Å²) in [7, 11) is 1.02. The molecule has 1 saturated heterocycles. The summed E-state index contributed by atoms with van der Waals surface area (Å²) in [4.78, 5) is 11.6. The van der Waals surface area contributed by atoms with Crippen LogP contribution in [0.2, 0.25) is 0 Å². The highest BCUT2D eigenvalue weighted by Gasteiger charge is 2.84. The highest BCUT2D eigenvalue weighted by atomic mass is 19.4. The SMILES string of the molecule is C=C(C)C(=O)OC1(C)COC(OC(OC)C(C)C)(C(F)(F)F)C1(F)F. The first-order chi connectivity index (χ1) is 11.1. The van der Waals surface area contributed by atoms with Gasteiger partial charge in [-0.05, 0) is 13.8 Å². The van der Waals surface area contributed by atoms with Crippen molar-refractivity contribution in [1.29, 1.82) is 0 Å². The molecule has 0 aromatic rings. The third-order valence-corrected chi connectivity index (χ3v) is 3.73. The molecule has 0 amide bonds. The molecule has 25 heavy (non-hydrogen) atoms. The fourth-order valence-electron chi connectivity index (χ4n) is 2.21. The van der Waals surface area contributed by atoms with Crippen LogP contribution in [0.3, 0.4) is 0 Å². The average Bonchev–Trinajstić information content (AvgIpc) is 2.64. The number of carbonyl (C=O) groups excluding carboxylic acids is 1. The standard InChI is InChI=1S/C15H21F5O5/c1-8(2)10(21)24-12(5)7-23-14(13(12,16)17,15(18,19)20)25-11(22-6)9(3)4/h9,11H,1,7H2,2-6H3. The van der Waals surface area contributed by atoms with Crippen LogP contribution in [0.15, 0.2) is 12.2 Å². The van der Waals surface area contributed by atoms with Crippen molar-refractivity contribution >= 4 is 5.97 Å². The summed E-state index contributed by atoms with van der Waals surface area (Å²) in [6, 6.07) is 0. The van der Waals surface area contributed by atoms with Crippen LogP contribution >= 0.6 is 0 Å². The van der Waals surface area contributed by atoms with E-state index in [1.165, 1.54) is 20.8 Å². The monoisotopic (exact) mass is 376 g/mol. The smallest absolute Gasteiger partial charge is 0.447 e. The minimum atomic E-state index is -5.63. The summed E-state index contributed by atoms with van der Waals surface area (Å²) in [6.45, 7) is 6.64. The van der Waals surface area contributed by atoms with E-state index in [4.69, 9.17) is 4.74 Å². The zero-order valence-electron chi connectivity index (χ0n) is 14.5. The molecule has 1 aliphatic heterocycles. The van der Waals surface area contributed by atoms with Crippen LogP contribution in [0.5, 0.6) is 0 Å². The van der Waals surface area contributed by atoms with E-state index in [9.17, 15) is 26.7 Å². The molecule has 1 rings (SSSR count). The van der Waals surface area contributed by atoms with Crippen molar-refractivity contribution < 1.29 is 45.7 Å². The molecule has 1 fully saturated rings. The lowest BCUT2D eigenvalue weighted by Gasteiger charge is -2.40. The molecule has 3 atom stereocenters. The minimum Gasteiger partial charge on any atom is -0.447 e. The van der Waals surface area contributed by atoms with E-state index in [1.807, 2.05) is 0 Å². The van der Waals surface area contributed by atoms with Crippen molar-refractivity contribution in [3.63, 3.8) is 0 Å². The maximum absolute atomic E-state index is 14.9.